The van der Waals surface area contributed by atoms with E-state index in [0.29, 0.717) is 12.0 Å². The van der Waals surface area contributed by atoms with Gasteiger partial charge < -0.3 is 16.1 Å². The van der Waals surface area contributed by atoms with Gasteiger partial charge in [-0.3, -0.25) is 0 Å². The molecule has 1 aromatic heterocycles. The van der Waals surface area contributed by atoms with Crippen molar-refractivity contribution < 1.29 is 49.5 Å². The van der Waals surface area contributed by atoms with Gasteiger partial charge in [-0.05, 0) is 12.1 Å². The molecule has 16 heavy (non-hydrogen) atoms. The molecule has 0 amide bonds. The van der Waals surface area contributed by atoms with Crippen molar-refractivity contribution in [2.45, 2.75) is 10.2 Å². The summed E-state index contributed by atoms with van der Waals surface area (Å²) >= 11 is 4.83. The first-order valence-electron chi connectivity index (χ1n) is 3.14. The Kier molecular flexibility index (Phi) is 12.9. The van der Waals surface area contributed by atoms with E-state index in [0.717, 1.165) is 0 Å². The molecule has 0 aromatic carbocycles. The molecule has 11 heteroatoms. The van der Waals surface area contributed by atoms with E-state index in [1.165, 1.54) is 19.2 Å². The zero-order valence-corrected chi connectivity index (χ0v) is 15.9. The van der Waals surface area contributed by atoms with Crippen LogP contribution in [0.25, 0.3) is 0 Å². The Morgan fingerprint density at radius 2 is 2.06 bits per heavy atom. The molecule has 0 aliphatic heterocycles. The van der Waals surface area contributed by atoms with Crippen molar-refractivity contribution in [3.05, 3.63) is 12.1 Å². The molecule has 1 radical (unpaired) electrons. The standard InChI is InChI=1S/C5H6O6S3.Au.K/c1-8-10-11-13-4-2-3-5(9-4)14(6,7)12;;/h2-3H,1H3,(H,6,7,12);;/q;+1;/p-1. The van der Waals surface area contributed by atoms with E-state index < -0.39 is 8.87 Å². The molecule has 0 N–H and O–H groups in total. The zero-order chi connectivity index (χ0) is 10.6. The van der Waals surface area contributed by atoms with Crippen LogP contribution >= 0.6 is 12.0 Å². The minimum absolute atomic E-state index is 0. The van der Waals surface area contributed by atoms with Crippen LogP contribution in [-0.2, 0) is 57.2 Å². The topological polar surface area (TPSA) is 75.0 Å². The van der Waals surface area contributed by atoms with Crippen LogP contribution in [0.1, 0.15) is 0 Å². The molecule has 0 aliphatic carbocycles. The number of hydrogen-bond donors (Lipinski definition) is 0. The summed E-state index contributed by atoms with van der Waals surface area (Å²) in [6.07, 6.45) is 0. The second kappa shape index (κ2) is 10.0. The van der Waals surface area contributed by atoms with Crippen molar-refractivity contribution in [1.29, 1.82) is 0 Å². The molecule has 0 unspecified atom stereocenters. The summed E-state index contributed by atoms with van der Waals surface area (Å²) in [6, 6.07) is 2.60. The molecule has 0 atom stereocenters. The van der Waals surface area contributed by atoms with Gasteiger partial charge >= 0.3 is 22.4 Å². The van der Waals surface area contributed by atoms with Crippen LogP contribution in [-0.4, -0.2) is 66.9 Å². The van der Waals surface area contributed by atoms with Crippen LogP contribution in [0.5, 0.6) is 0 Å². The molecule has 0 fully saturated rings. The van der Waals surface area contributed by atoms with E-state index in [1.807, 2.05) is 0 Å². The van der Waals surface area contributed by atoms with Crippen molar-refractivity contribution in [2.24, 2.45) is 0 Å². The van der Waals surface area contributed by atoms with Gasteiger partial charge in [-0.15, -0.1) is 4.33 Å². The van der Waals surface area contributed by atoms with Gasteiger partial charge in [-0.2, -0.15) is 0 Å². The molecule has 0 saturated carbocycles. The van der Waals surface area contributed by atoms with Crippen LogP contribution in [0, 0.1) is 0 Å². The normalized spacial score (nSPS) is 10.4. The minimum atomic E-state index is -3.74. The minimum Gasteiger partial charge on any atom is -0.641 e. The molecule has 0 spiro atoms. The monoisotopic (exact) mass is 493 g/mol. The van der Waals surface area contributed by atoms with E-state index in [2.05, 4.69) is 25.9 Å². The average molecular weight is 493 g/mol. The van der Waals surface area contributed by atoms with E-state index in [4.69, 9.17) is 4.42 Å². The Hall–Kier alpha value is 2.19. The third kappa shape index (κ3) is 7.58. The Labute approximate surface area is 160 Å². The first-order valence-corrected chi connectivity index (χ1v) is 6.29. The molecule has 0 bridgehead atoms. The van der Waals surface area contributed by atoms with E-state index in [1.54, 1.807) is 0 Å². The second-order valence-electron chi connectivity index (χ2n) is 1.91. The van der Waals surface area contributed by atoms with Crippen molar-refractivity contribution >= 4 is 84.0 Å². The molecule has 1 heterocycles. The van der Waals surface area contributed by atoms with Crippen LogP contribution in [0.3, 0.4) is 0 Å². The van der Waals surface area contributed by atoms with Crippen molar-refractivity contribution in [2.75, 3.05) is 7.11 Å². The summed E-state index contributed by atoms with van der Waals surface area (Å²) in [6.45, 7) is 0. The zero-order valence-electron chi connectivity index (χ0n) is 8.13. The molecular weight excluding hydrogens is 488 g/mol. The number of furan rings is 1. The SMILES string of the molecule is COOOSc1ccc(S(=O)(=O)[S-])o1.[Au+].[K]. The van der Waals surface area contributed by atoms with Crippen LogP contribution in [0.15, 0.2) is 26.7 Å². The summed E-state index contributed by atoms with van der Waals surface area (Å²) in [5, 5.41) is 3.94. The molecule has 0 saturated heterocycles. The van der Waals surface area contributed by atoms with E-state index in [-0.39, 0.29) is 83.9 Å². The molecule has 1 rings (SSSR count). The quantitative estimate of drug-likeness (QED) is 0.113. The van der Waals surface area contributed by atoms with Gasteiger partial charge in [0.2, 0.25) is 0 Å². The fourth-order valence-electron chi connectivity index (χ4n) is 0.558. The summed E-state index contributed by atoms with van der Waals surface area (Å²) in [5.41, 5.74) is 0. The maximum Gasteiger partial charge on any atom is 1.00 e. The van der Waals surface area contributed by atoms with Gasteiger partial charge in [0.1, 0.15) is 12.0 Å². The van der Waals surface area contributed by atoms with Gasteiger partial charge in [-0.25, -0.2) is 13.3 Å². The summed E-state index contributed by atoms with van der Waals surface area (Å²) in [5.74, 6) is 0. The third-order valence-electron chi connectivity index (χ3n) is 1.02. The number of rotatable bonds is 5. The van der Waals surface area contributed by atoms with Crippen molar-refractivity contribution in [3.63, 3.8) is 0 Å². The van der Waals surface area contributed by atoms with Crippen molar-refractivity contribution in [1.82, 2.24) is 0 Å². The van der Waals surface area contributed by atoms with Gasteiger partial charge in [0, 0.05) is 51.4 Å². The van der Waals surface area contributed by atoms with Gasteiger partial charge in [0.05, 0.1) is 16.0 Å². The first kappa shape index (κ1) is 20.5. The Morgan fingerprint density at radius 1 is 1.44 bits per heavy atom. The molecule has 0 aliphatic rings. The van der Waals surface area contributed by atoms with Crippen LogP contribution < -0.4 is 0 Å². The largest absolute Gasteiger partial charge is 1.00 e. The number of hydrogen-bond acceptors (Lipinski definition) is 8. The fraction of sp³-hybridized carbons (Fsp3) is 0.200. The second-order valence-corrected chi connectivity index (χ2v) is 5.25. The maximum absolute atomic E-state index is 10.8. The van der Waals surface area contributed by atoms with Crippen molar-refractivity contribution in [3.8, 4) is 0 Å². The molecule has 91 valence electrons. The Morgan fingerprint density at radius 3 is 2.50 bits per heavy atom. The Balaban J connectivity index is 0. The summed E-state index contributed by atoms with van der Waals surface area (Å²) < 4.78 is 30.8. The van der Waals surface area contributed by atoms with E-state index in [9.17, 15) is 8.42 Å². The predicted octanol–water partition coefficient (Wildman–Crippen LogP) is 0.649. The predicted molar refractivity (Wildman–Crippen MR) is 54.0 cm³/mol. The van der Waals surface area contributed by atoms with Gasteiger partial charge in [0.25, 0.3) is 0 Å². The molecular formula is C5H5AuKO6S3. The van der Waals surface area contributed by atoms with Gasteiger partial charge in [-0.1, -0.05) is 5.04 Å². The summed E-state index contributed by atoms with van der Waals surface area (Å²) in [4.78, 5) is 4.11. The maximum atomic E-state index is 10.8. The average Bonchev–Trinajstić information content (AvgIpc) is 2.52. The third-order valence-corrected chi connectivity index (χ3v) is 2.73. The Bertz CT molecular complexity index is 393. The van der Waals surface area contributed by atoms with Gasteiger partial charge in [0.15, 0.2) is 10.2 Å². The smallest absolute Gasteiger partial charge is 0.641 e. The first-order chi connectivity index (χ1) is 6.54. The fourth-order valence-corrected chi connectivity index (χ4v) is 1.70. The molecule has 6 nitrogen and oxygen atoms in total. The van der Waals surface area contributed by atoms with E-state index >= 15 is 0 Å². The van der Waals surface area contributed by atoms with Crippen LogP contribution in [0.2, 0.25) is 0 Å². The van der Waals surface area contributed by atoms with Crippen LogP contribution in [0.4, 0.5) is 0 Å². The summed E-state index contributed by atoms with van der Waals surface area (Å²) in [7, 11) is -2.49. The molecule has 1 aromatic rings.